The van der Waals surface area contributed by atoms with E-state index >= 15 is 0 Å². The molecule has 2 aromatic heterocycles. The number of rotatable bonds is 4. The number of aryl methyl sites for hydroxylation is 1. The molecule has 0 spiro atoms. The van der Waals surface area contributed by atoms with Crippen LogP contribution in [0, 0.1) is 0 Å². The van der Waals surface area contributed by atoms with Crippen molar-refractivity contribution in [1.82, 2.24) is 30.2 Å². The number of nitrogens with zero attached hydrogens (tertiary/aromatic N) is 5. The Morgan fingerprint density at radius 1 is 1.60 bits per heavy atom. The van der Waals surface area contributed by atoms with Gasteiger partial charge >= 0.3 is 0 Å². The lowest BCUT2D eigenvalue weighted by molar-refractivity contribution is 0.575. The standard InChI is InChI=1S/C8H13N7/c1-2-15-8(10-5-12-15)3-6(9)7-4-11-14-13-7/h4-6H,2-3,9H2,1H3,(H,11,13,14). The second kappa shape index (κ2) is 4.18. The van der Waals surface area contributed by atoms with Gasteiger partial charge in [0.05, 0.1) is 17.9 Å². The molecule has 2 rings (SSSR count). The second-order valence-corrected chi connectivity index (χ2v) is 3.20. The molecular weight excluding hydrogens is 194 g/mol. The SMILES string of the molecule is CCn1ncnc1CC(N)c1cn[nH]n1. The molecule has 0 radical (unpaired) electrons. The van der Waals surface area contributed by atoms with Crippen LogP contribution in [-0.2, 0) is 13.0 Å². The average Bonchev–Trinajstić information content (AvgIpc) is 2.87. The zero-order valence-corrected chi connectivity index (χ0v) is 8.46. The van der Waals surface area contributed by atoms with E-state index in [0.717, 1.165) is 18.1 Å². The van der Waals surface area contributed by atoms with Crippen molar-refractivity contribution in [2.24, 2.45) is 5.73 Å². The Balaban J connectivity index is 2.09. The zero-order chi connectivity index (χ0) is 10.7. The van der Waals surface area contributed by atoms with E-state index in [9.17, 15) is 0 Å². The van der Waals surface area contributed by atoms with E-state index < -0.39 is 0 Å². The number of hydrogen-bond donors (Lipinski definition) is 2. The predicted molar refractivity (Wildman–Crippen MR) is 52.7 cm³/mol. The Bertz CT molecular complexity index is 404. The van der Waals surface area contributed by atoms with Crippen molar-refractivity contribution in [1.29, 1.82) is 0 Å². The fourth-order valence-electron chi connectivity index (χ4n) is 1.40. The van der Waals surface area contributed by atoms with Crippen molar-refractivity contribution >= 4 is 0 Å². The summed E-state index contributed by atoms with van der Waals surface area (Å²) in [6, 6.07) is -0.196. The lowest BCUT2D eigenvalue weighted by atomic mass is 10.1. The molecule has 80 valence electrons. The molecule has 0 amide bonds. The van der Waals surface area contributed by atoms with E-state index in [4.69, 9.17) is 5.73 Å². The molecule has 0 aliphatic carbocycles. The number of aromatic amines is 1. The molecule has 15 heavy (non-hydrogen) atoms. The van der Waals surface area contributed by atoms with Crippen LogP contribution in [0.4, 0.5) is 0 Å². The van der Waals surface area contributed by atoms with Crippen LogP contribution in [0.5, 0.6) is 0 Å². The largest absolute Gasteiger partial charge is 0.322 e. The van der Waals surface area contributed by atoms with Gasteiger partial charge in [-0.25, -0.2) is 4.98 Å². The summed E-state index contributed by atoms with van der Waals surface area (Å²) in [5, 5.41) is 14.3. The summed E-state index contributed by atoms with van der Waals surface area (Å²) < 4.78 is 1.82. The van der Waals surface area contributed by atoms with Crippen LogP contribution in [0.2, 0.25) is 0 Å². The maximum atomic E-state index is 5.95. The first-order valence-corrected chi connectivity index (χ1v) is 4.79. The summed E-state index contributed by atoms with van der Waals surface area (Å²) in [6.45, 7) is 2.81. The summed E-state index contributed by atoms with van der Waals surface area (Å²) in [6.07, 6.45) is 3.77. The van der Waals surface area contributed by atoms with E-state index in [0.29, 0.717) is 6.42 Å². The van der Waals surface area contributed by atoms with Crippen molar-refractivity contribution in [2.45, 2.75) is 25.9 Å². The third-order valence-corrected chi connectivity index (χ3v) is 2.21. The van der Waals surface area contributed by atoms with E-state index in [1.807, 2.05) is 11.6 Å². The minimum Gasteiger partial charge on any atom is -0.322 e. The highest BCUT2D eigenvalue weighted by molar-refractivity contribution is 5.02. The Kier molecular flexibility index (Phi) is 2.72. The molecule has 3 N–H and O–H groups in total. The second-order valence-electron chi connectivity index (χ2n) is 3.20. The minimum atomic E-state index is -0.196. The summed E-state index contributed by atoms with van der Waals surface area (Å²) in [7, 11) is 0. The van der Waals surface area contributed by atoms with E-state index in [2.05, 4.69) is 25.5 Å². The highest BCUT2D eigenvalue weighted by Gasteiger charge is 2.13. The molecule has 7 nitrogen and oxygen atoms in total. The van der Waals surface area contributed by atoms with Crippen molar-refractivity contribution in [2.75, 3.05) is 0 Å². The highest BCUT2D eigenvalue weighted by Crippen LogP contribution is 2.10. The summed E-state index contributed by atoms with van der Waals surface area (Å²) in [5.41, 5.74) is 6.69. The lowest BCUT2D eigenvalue weighted by Gasteiger charge is -2.07. The van der Waals surface area contributed by atoms with E-state index in [1.165, 1.54) is 6.33 Å². The first-order chi connectivity index (χ1) is 7.31. The van der Waals surface area contributed by atoms with Gasteiger partial charge in [0.25, 0.3) is 0 Å². The monoisotopic (exact) mass is 207 g/mol. The number of nitrogens with one attached hydrogen (secondary N) is 1. The molecule has 2 aromatic rings. The molecule has 0 saturated carbocycles. The molecule has 1 atom stereocenters. The van der Waals surface area contributed by atoms with Crippen LogP contribution < -0.4 is 5.73 Å². The molecule has 2 heterocycles. The fraction of sp³-hybridized carbons (Fsp3) is 0.500. The molecule has 1 unspecified atom stereocenters. The van der Waals surface area contributed by atoms with Crippen molar-refractivity contribution in [3.8, 4) is 0 Å². The zero-order valence-electron chi connectivity index (χ0n) is 8.46. The first-order valence-electron chi connectivity index (χ1n) is 4.79. The Morgan fingerprint density at radius 3 is 3.13 bits per heavy atom. The summed E-state index contributed by atoms with van der Waals surface area (Å²) >= 11 is 0. The number of H-pyrrole nitrogens is 1. The van der Waals surface area contributed by atoms with Gasteiger partial charge in [-0.3, -0.25) is 4.68 Å². The number of aromatic nitrogens is 6. The van der Waals surface area contributed by atoms with E-state index in [-0.39, 0.29) is 6.04 Å². The third-order valence-electron chi connectivity index (χ3n) is 2.21. The predicted octanol–water partition coefficient (Wildman–Crippen LogP) is -0.341. The van der Waals surface area contributed by atoms with Gasteiger partial charge in [-0.1, -0.05) is 0 Å². The van der Waals surface area contributed by atoms with Crippen molar-refractivity contribution in [3.63, 3.8) is 0 Å². The van der Waals surface area contributed by atoms with Gasteiger partial charge in [-0.05, 0) is 6.92 Å². The molecule has 7 heteroatoms. The van der Waals surface area contributed by atoms with Gasteiger partial charge in [-0.2, -0.15) is 20.5 Å². The van der Waals surface area contributed by atoms with Crippen LogP contribution in [0.3, 0.4) is 0 Å². The molecular formula is C8H13N7. The van der Waals surface area contributed by atoms with Gasteiger partial charge in [0.1, 0.15) is 12.2 Å². The molecule has 0 aliphatic rings. The fourth-order valence-corrected chi connectivity index (χ4v) is 1.40. The molecule has 0 bridgehead atoms. The van der Waals surface area contributed by atoms with Crippen LogP contribution in [0.25, 0.3) is 0 Å². The quantitative estimate of drug-likeness (QED) is 0.714. The Morgan fingerprint density at radius 2 is 2.47 bits per heavy atom. The highest BCUT2D eigenvalue weighted by atomic mass is 15.3. The maximum absolute atomic E-state index is 5.95. The van der Waals surface area contributed by atoms with Gasteiger partial charge in [0.2, 0.25) is 0 Å². The van der Waals surface area contributed by atoms with Crippen LogP contribution >= 0.6 is 0 Å². The average molecular weight is 207 g/mol. The van der Waals surface area contributed by atoms with Gasteiger partial charge in [0, 0.05) is 13.0 Å². The number of nitrogens with two attached hydrogens (primary N) is 1. The molecule has 0 aromatic carbocycles. The molecule has 0 fully saturated rings. The number of hydrogen-bond acceptors (Lipinski definition) is 5. The first kappa shape index (κ1) is 9.78. The lowest BCUT2D eigenvalue weighted by Crippen LogP contribution is -2.17. The minimum absolute atomic E-state index is 0.196. The topological polar surface area (TPSA) is 98.3 Å². The maximum Gasteiger partial charge on any atom is 0.138 e. The third kappa shape index (κ3) is 2.01. The smallest absolute Gasteiger partial charge is 0.138 e. The van der Waals surface area contributed by atoms with Gasteiger partial charge in [-0.15, -0.1) is 0 Å². The van der Waals surface area contributed by atoms with Gasteiger partial charge in [0.15, 0.2) is 0 Å². The van der Waals surface area contributed by atoms with Crippen LogP contribution in [0.15, 0.2) is 12.5 Å². The molecule has 0 saturated heterocycles. The van der Waals surface area contributed by atoms with Crippen LogP contribution in [-0.4, -0.2) is 30.2 Å². The van der Waals surface area contributed by atoms with Crippen molar-refractivity contribution in [3.05, 3.63) is 24.0 Å². The summed E-state index contributed by atoms with van der Waals surface area (Å²) in [5.74, 6) is 0.869. The van der Waals surface area contributed by atoms with Crippen molar-refractivity contribution < 1.29 is 0 Å². The molecule has 0 aliphatic heterocycles. The normalized spacial score (nSPS) is 12.9. The Labute approximate surface area is 86.7 Å². The summed E-state index contributed by atoms with van der Waals surface area (Å²) in [4.78, 5) is 4.15. The van der Waals surface area contributed by atoms with Crippen LogP contribution in [0.1, 0.15) is 24.5 Å². The van der Waals surface area contributed by atoms with Gasteiger partial charge < -0.3 is 5.73 Å². The van der Waals surface area contributed by atoms with E-state index in [1.54, 1.807) is 6.20 Å². The Hall–Kier alpha value is -1.76.